The van der Waals surface area contributed by atoms with E-state index in [-0.39, 0.29) is 0 Å². The number of ether oxygens (including phenoxy) is 2. The van der Waals surface area contributed by atoms with Gasteiger partial charge in [-0.2, -0.15) is 4.98 Å². The van der Waals surface area contributed by atoms with E-state index in [2.05, 4.69) is 9.97 Å². The highest BCUT2D eigenvalue weighted by molar-refractivity contribution is 5.11. The molecule has 1 heterocycles. The van der Waals surface area contributed by atoms with Crippen LogP contribution in [0.1, 0.15) is 26.2 Å². The minimum atomic E-state index is 0.408. The van der Waals surface area contributed by atoms with Gasteiger partial charge in [-0.3, -0.25) is 0 Å². The highest BCUT2D eigenvalue weighted by Crippen LogP contribution is 2.29. The summed E-state index contributed by atoms with van der Waals surface area (Å²) in [7, 11) is 0. The van der Waals surface area contributed by atoms with Gasteiger partial charge in [0.2, 0.25) is 5.88 Å². The van der Waals surface area contributed by atoms with Crippen molar-refractivity contribution in [2.75, 3.05) is 13.2 Å². The van der Waals surface area contributed by atoms with Crippen molar-refractivity contribution in [2.45, 2.75) is 26.2 Å². The monoisotopic (exact) mass is 208 g/mol. The molecule has 1 fully saturated rings. The van der Waals surface area contributed by atoms with E-state index in [1.54, 1.807) is 12.3 Å². The number of rotatable bonds is 6. The zero-order valence-corrected chi connectivity index (χ0v) is 8.98. The van der Waals surface area contributed by atoms with E-state index >= 15 is 0 Å². The Hall–Kier alpha value is -1.32. The van der Waals surface area contributed by atoms with E-state index in [1.165, 1.54) is 12.8 Å². The average Bonchev–Trinajstić information content (AvgIpc) is 3.08. The van der Waals surface area contributed by atoms with Gasteiger partial charge in [-0.15, -0.1) is 0 Å². The molecule has 82 valence electrons. The summed E-state index contributed by atoms with van der Waals surface area (Å²) in [5.74, 6) is 1.35. The van der Waals surface area contributed by atoms with Gasteiger partial charge in [-0.25, -0.2) is 4.98 Å². The molecule has 0 unspecified atom stereocenters. The molecular weight excluding hydrogens is 192 g/mol. The standard InChI is InChI=1S/C11H16N2O2/c1-2-7-14-11-12-6-5-10(13-11)15-8-9-3-4-9/h5-6,9H,2-4,7-8H2,1H3. The highest BCUT2D eigenvalue weighted by atomic mass is 16.5. The van der Waals surface area contributed by atoms with Gasteiger partial charge in [-0.05, 0) is 25.2 Å². The Bertz CT molecular complexity index is 313. The Morgan fingerprint density at radius 3 is 3.00 bits per heavy atom. The molecule has 0 spiro atoms. The molecule has 0 aliphatic heterocycles. The van der Waals surface area contributed by atoms with Crippen molar-refractivity contribution in [3.63, 3.8) is 0 Å². The van der Waals surface area contributed by atoms with Crippen LogP contribution in [-0.4, -0.2) is 23.2 Å². The molecule has 4 heteroatoms. The summed E-state index contributed by atoms with van der Waals surface area (Å²) in [5, 5.41) is 0. The number of hydrogen-bond acceptors (Lipinski definition) is 4. The fourth-order valence-electron chi connectivity index (χ4n) is 1.16. The Kier molecular flexibility index (Phi) is 3.37. The van der Waals surface area contributed by atoms with E-state index in [9.17, 15) is 0 Å². The molecule has 1 aromatic rings. The maximum atomic E-state index is 5.52. The molecule has 15 heavy (non-hydrogen) atoms. The van der Waals surface area contributed by atoms with Gasteiger partial charge in [0.1, 0.15) is 0 Å². The van der Waals surface area contributed by atoms with Crippen LogP contribution in [0.3, 0.4) is 0 Å². The van der Waals surface area contributed by atoms with Crippen LogP contribution in [0.25, 0.3) is 0 Å². The van der Waals surface area contributed by atoms with Crippen LogP contribution in [0, 0.1) is 5.92 Å². The van der Waals surface area contributed by atoms with Crippen LogP contribution in [-0.2, 0) is 0 Å². The first-order chi connectivity index (χ1) is 7.38. The first kappa shape index (κ1) is 10.2. The van der Waals surface area contributed by atoms with Crippen LogP contribution in [0.2, 0.25) is 0 Å². The SMILES string of the molecule is CCCOc1nccc(OCC2CC2)n1. The van der Waals surface area contributed by atoms with Crippen LogP contribution in [0.15, 0.2) is 12.3 Å². The van der Waals surface area contributed by atoms with Gasteiger partial charge in [0.25, 0.3) is 0 Å². The Morgan fingerprint density at radius 2 is 2.27 bits per heavy atom. The maximum absolute atomic E-state index is 5.52. The van der Waals surface area contributed by atoms with Crippen molar-refractivity contribution >= 4 is 0 Å². The van der Waals surface area contributed by atoms with E-state index in [0.717, 1.165) is 18.9 Å². The van der Waals surface area contributed by atoms with E-state index < -0.39 is 0 Å². The quantitative estimate of drug-likeness (QED) is 0.717. The van der Waals surface area contributed by atoms with Gasteiger partial charge in [0.15, 0.2) is 0 Å². The second-order valence-corrected chi connectivity index (χ2v) is 3.78. The highest BCUT2D eigenvalue weighted by Gasteiger charge is 2.22. The van der Waals surface area contributed by atoms with Gasteiger partial charge in [0.05, 0.1) is 13.2 Å². The Balaban J connectivity index is 1.85. The molecule has 2 rings (SSSR count). The third kappa shape index (κ3) is 3.38. The van der Waals surface area contributed by atoms with Crippen molar-refractivity contribution in [3.05, 3.63) is 12.3 Å². The van der Waals surface area contributed by atoms with Gasteiger partial charge in [-0.1, -0.05) is 6.92 Å². The van der Waals surface area contributed by atoms with E-state index in [0.29, 0.717) is 18.5 Å². The van der Waals surface area contributed by atoms with Crippen LogP contribution < -0.4 is 9.47 Å². The lowest BCUT2D eigenvalue weighted by molar-refractivity contribution is 0.263. The van der Waals surface area contributed by atoms with E-state index in [1.807, 2.05) is 6.92 Å². The summed E-state index contributed by atoms with van der Waals surface area (Å²) in [5.41, 5.74) is 0. The summed E-state index contributed by atoms with van der Waals surface area (Å²) >= 11 is 0. The number of aromatic nitrogens is 2. The molecule has 0 aromatic carbocycles. The van der Waals surface area contributed by atoms with E-state index in [4.69, 9.17) is 9.47 Å². The van der Waals surface area contributed by atoms with Crippen molar-refractivity contribution in [3.8, 4) is 11.9 Å². The first-order valence-electron chi connectivity index (χ1n) is 5.47. The Labute approximate surface area is 89.6 Å². The molecule has 1 aliphatic rings. The molecule has 0 amide bonds. The zero-order chi connectivity index (χ0) is 10.5. The summed E-state index contributed by atoms with van der Waals surface area (Å²) in [4.78, 5) is 8.16. The van der Waals surface area contributed by atoms with Gasteiger partial charge in [0, 0.05) is 12.3 Å². The summed E-state index contributed by atoms with van der Waals surface area (Å²) < 4.78 is 10.8. The molecule has 0 N–H and O–H groups in total. The second-order valence-electron chi connectivity index (χ2n) is 3.78. The fourth-order valence-corrected chi connectivity index (χ4v) is 1.16. The molecule has 0 bridgehead atoms. The maximum Gasteiger partial charge on any atom is 0.319 e. The van der Waals surface area contributed by atoms with Gasteiger partial charge >= 0.3 is 6.01 Å². The molecule has 1 aromatic heterocycles. The van der Waals surface area contributed by atoms with Crippen molar-refractivity contribution in [1.29, 1.82) is 0 Å². The second kappa shape index (κ2) is 4.96. The smallest absolute Gasteiger partial charge is 0.319 e. The molecule has 4 nitrogen and oxygen atoms in total. The normalized spacial score (nSPS) is 15.0. The van der Waals surface area contributed by atoms with Crippen molar-refractivity contribution in [2.24, 2.45) is 5.92 Å². The third-order valence-corrected chi connectivity index (χ3v) is 2.21. The Morgan fingerprint density at radius 1 is 1.40 bits per heavy atom. The summed E-state index contributed by atoms with van der Waals surface area (Å²) in [6, 6.07) is 2.17. The largest absolute Gasteiger partial charge is 0.477 e. The average molecular weight is 208 g/mol. The minimum Gasteiger partial charge on any atom is -0.477 e. The van der Waals surface area contributed by atoms with Crippen LogP contribution in [0.5, 0.6) is 11.9 Å². The predicted molar refractivity (Wildman–Crippen MR) is 56.0 cm³/mol. The van der Waals surface area contributed by atoms with Crippen LogP contribution >= 0.6 is 0 Å². The van der Waals surface area contributed by atoms with Gasteiger partial charge < -0.3 is 9.47 Å². The lowest BCUT2D eigenvalue weighted by atomic mass is 10.5. The number of nitrogens with zero attached hydrogens (tertiary/aromatic N) is 2. The lowest BCUT2D eigenvalue weighted by Crippen LogP contribution is -2.04. The molecule has 1 aliphatic carbocycles. The summed E-state index contributed by atoms with van der Waals surface area (Å²) in [6.45, 7) is 3.46. The van der Waals surface area contributed by atoms with Crippen LogP contribution in [0.4, 0.5) is 0 Å². The lowest BCUT2D eigenvalue weighted by Gasteiger charge is -2.05. The molecule has 1 saturated carbocycles. The fraction of sp³-hybridized carbons (Fsp3) is 0.636. The molecule has 0 radical (unpaired) electrons. The number of hydrogen-bond donors (Lipinski definition) is 0. The molecule has 0 atom stereocenters. The summed E-state index contributed by atoms with van der Waals surface area (Å²) in [6.07, 6.45) is 5.19. The predicted octanol–water partition coefficient (Wildman–Crippen LogP) is 2.05. The van der Waals surface area contributed by atoms with Crippen molar-refractivity contribution < 1.29 is 9.47 Å². The minimum absolute atomic E-state index is 0.408. The molecule has 0 saturated heterocycles. The van der Waals surface area contributed by atoms with Crippen molar-refractivity contribution in [1.82, 2.24) is 9.97 Å². The third-order valence-electron chi connectivity index (χ3n) is 2.21. The zero-order valence-electron chi connectivity index (χ0n) is 8.98. The topological polar surface area (TPSA) is 44.2 Å². The molecular formula is C11H16N2O2. The first-order valence-corrected chi connectivity index (χ1v) is 5.47.